The fourth-order valence-electron chi connectivity index (χ4n) is 1.28. The maximum absolute atomic E-state index is 8.63. The van der Waals surface area contributed by atoms with Crippen molar-refractivity contribution in [3.05, 3.63) is 21.9 Å². The molecule has 3 N–H and O–H groups in total. The van der Waals surface area contributed by atoms with Crippen molar-refractivity contribution in [2.45, 2.75) is 25.1 Å². The summed E-state index contributed by atoms with van der Waals surface area (Å²) in [6, 6.07) is 0. The molecule has 0 spiro atoms. The van der Waals surface area contributed by atoms with Crippen LogP contribution in [0, 0.1) is 27.8 Å². The van der Waals surface area contributed by atoms with E-state index in [-0.39, 0.29) is 54.5 Å². The molecule has 17 heavy (non-hydrogen) atoms. The van der Waals surface area contributed by atoms with E-state index >= 15 is 0 Å². The SMILES string of the molecule is COC.[B]C1CCC(CO)C1.[CH2-]N.[CH3-].[CH3-].[V+2].[W]. The molecule has 1 fully saturated rings. The predicted molar refractivity (Wildman–Crippen MR) is 69.2 cm³/mol. The van der Waals surface area contributed by atoms with E-state index < -0.39 is 0 Å². The summed E-state index contributed by atoms with van der Waals surface area (Å²) in [6.07, 6.45) is 3.25. The van der Waals surface area contributed by atoms with E-state index in [4.69, 9.17) is 13.0 Å². The summed E-state index contributed by atoms with van der Waals surface area (Å²) < 4.78 is 4.25. The van der Waals surface area contributed by atoms with Crippen LogP contribution in [0.25, 0.3) is 0 Å². The van der Waals surface area contributed by atoms with Gasteiger partial charge in [0.1, 0.15) is 0 Å². The van der Waals surface area contributed by atoms with Crippen molar-refractivity contribution in [2.75, 3.05) is 20.8 Å². The first kappa shape index (κ1) is 36.2. The fourth-order valence-corrected chi connectivity index (χ4v) is 1.28. The van der Waals surface area contributed by atoms with E-state index in [0.29, 0.717) is 18.3 Å². The van der Waals surface area contributed by atoms with Crippen LogP contribution in [0.1, 0.15) is 19.3 Å². The molecule has 0 aromatic rings. The van der Waals surface area contributed by atoms with Crippen molar-refractivity contribution in [3.8, 4) is 0 Å². The van der Waals surface area contributed by atoms with Gasteiger partial charge in [-0.2, -0.15) is 0 Å². The van der Waals surface area contributed by atoms with Crippen LogP contribution in [0.5, 0.6) is 0 Å². The smallest absolute Gasteiger partial charge is 0.486 e. The topological polar surface area (TPSA) is 55.5 Å². The van der Waals surface area contributed by atoms with E-state index in [1.54, 1.807) is 14.2 Å². The van der Waals surface area contributed by atoms with Crippen molar-refractivity contribution in [3.63, 3.8) is 0 Å². The molecule has 2 unspecified atom stereocenters. The van der Waals surface area contributed by atoms with Gasteiger partial charge in [0.15, 0.2) is 0 Å². The number of ether oxygens (including phenoxy) is 1. The third-order valence-corrected chi connectivity index (χ3v) is 1.84. The van der Waals surface area contributed by atoms with Crippen molar-refractivity contribution >= 4 is 7.85 Å². The van der Waals surface area contributed by atoms with Crippen LogP contribution in [-0.2, 0) is 44.4 Å². The van der Waals surface area contributed by atoms with Gasteiger partial charge in [0.05, 0.1) is 7.85 Å². The van der Waals surface area contributed by atoms with E-state index in [1.165, 1.54) is 0 Å². The molecule has 0 amide bonds. The number of aliphatic hydroxyl groups excluding tert-OH is 1. The second-order valence-corrected chi connectivity index (χ2v) is 3.03. The third kappa shape index (κ3) is 26.7. The Morgan fingerprint density at radius 1 is 1.29 bits per heavy atom. The molecule has 0 aromatic heterocycles. The zero-order valence-corrected chi connectivity index (χ0v) is 15.9. The fraction of sp³-hybridized carbons (Fsp3) is 0.727. The molecule has 0 aromatic carbocycles. The maximum atomic E-state index is 8.63. The molecule has 0 saturated heterocycles. The summed E-state index contributed by atoms with van der Waals surface area (Å²) >= 11 is 0. The monoisotopic (exact) mass is 451 g/mol. The Kier molecular flexibility index (Phi) is 64.6. The molecule has 2 atom stereocenters. The standard InChI is InChI=1S/C6H11BO.C2H6O.CH4N.2CH3.V.W/c7-6-2-1-5(3-6)4-8;1-3-2;1-2;;;;/h5-6,8H,1-4H2;1-2H3;1-2H2;2*1H3;;/q;;3*-1;+2;. The van der Waals surface area contributed by atoms with Gasteiger partial charge in [-0.1, -0.05) is 18.7 Å². The summed E-state index contributed by atoms with van der Waals surface area (Å²) in [5.74, 6) is 0.872. The number of nitrogens with two attached hydrogens (primary N) is 1. The van der Waals surface area contributed by atoms with Crippen molar-refractivity contribution in [2.24, 2.45) is 11.7 Å². The van der Waals surface area contributed by atoms with Gasteiger partial charge in [-0.3, -0.25) is 7.05 Å². The Bertz CT molecular complexity index is 106. The van der Waals surface area contributed by atoms with Crippen LogP contribution in [0.15, 0.2) is 0 Å². The van der Waals surface area contributed by atoms with Crippen LogP contribution in [0.3, 0.4) is 0 Å². The molecular formula is C11H27BNO2VW-. The van der Waals surface area contributed by atoms with Crippen molar-refractivity contribution in [1.29, 1.82) is 0 Å². The van der Waals surface area contributed by atoms with Gasteiger partial charge in [0.2, 0.25) is 0 Å². The minimum absolute atomic E-state index is 0. The zero-order chi connectivity index (χ0) is 10.7. The number of hydrogen-bond acceptors (Lipinski definition) is 3. The van der Waals surface area contributed by atoms with E-state index in [2.05, 4.69) is 17.5 Å². The number of hydrogen-bond donors (Lipinski definition) is 2. The molecule has 1 saturated carbocycles. The molecular weight excluding hydrogens is 424 g/mol. The van der Waals surface area contributed by atoms with Crippen LogP contribution in [-0.4, -0.2) is 33.8 Å². The molecule has 6 heteroatoms. The Hall–Kier alpha value is 1.22. The zero-order valence-electron chi connectivity index (χ0n) is 11.6. The van der Waals surface area contributed by atoms with E-state index in [0.717, 1.165) is 19.3 Å². The summed E-state index contributed by atoms with van der Waals surface area (Å²) in [5, 5.41) is 8.63. The molecule has 0 heterocycles. The Morgan fingerprint density at radius 3 is 1.76 bits per heavy atom. The van der Waals surface area contributed by atoms with Gasteiger partial charge >= 0.3 is 18.6 Å². The van der Waals surface area contributed by atoms with Gasteiger partial charge < -0.3 is 30.4 Å². The quantitative estimate of drug-likeness (QED) is 0.471. The number of rotatable bonds is 1. The number of aliphatic hydroxyl groups is 1. The van der Waals surface area contributed by atoms with E-state index in [1.807, 2.05) is 0 Å². The summed E-state index contributed by atoms with van der Waals surface area (Å²) in [4.78, 5) is 0. The summed E-state index contributed by atoms with van der Waals surface area (Å²) in [7, 11) is 11.6. The third-order valence-electron chi connectivity index (χ3n) is 1.84. The molecule has 3 radical (unpaired) electrons. The molecule has 1 rings (SSSR count). The first-order valence-corrected chi connectivity index (χ1v) is 4.42. The minimum atomic E-state index is 0. The summed E-state index contributed by atoms with van der Waals surface area (Å²) in [6.45, 7) is 0.327. The molecule has 0 bridgehead atoms. The molecule has 3 nitrogen and oxygen atoms in total. The average Bonchev–Trinajstić information content (AvgIpc) is 2.56. The number of methoxy groups -OCH3 is 1. The second kappa shape index (κ2) is 30.3. The maximum Gasteiger partial charge on any atom is 2.00 e. The summed E-state index contributed by atoms with van der Waals surface area (Å²) in [5.41, 5.74) is 4.25. The predicted octanol–water partition coefficient (Wildman–Crippen LogP) is 1.63. The van der Waals surface area contributed by atoms with Crippen molar-refractivity contribution in [1.82, 2.24) is 0 Å². The molecule has 1 aliphatic rings. The first-order valence-electron chi connectivity index (χ1n) is 4.42. The van der Waals surface area contributed by atoms with Crippen molar-refractivity contribution < 1.29 is 49.5 Å². The molecule has 1 aliphatic carbocycles. The van der Waals surface area contributed by atoms with Crippen LogP contribution < -0.4 is 5.73 Å². The van der Waals surface area contributed by atoms with Gasteiger partial charge in [-0.15, -0.1) is 0 Å². The average molecular weight is 451 g/mol. The Morgan fingerprint density at radius 2 is 1.65 bits per heavy atom. The minimum Gasteiger partial charge on any atom is -0.486 e. The van der Waals surface area contributed by atoms with Gasteiger partial charge in [-0.25, -0.2) is 0 Å². The van der Waals surface area contributed by atoms with Crippen LogP contribution in [0.4, 0.5) is 0 Å². The van der Waals surface area contributed by atoms with Gasteiger partial charge in [0, 0.05) is 41.9 Å². The van der Waals surface area contributed by atoms with Crippen LogP contribution >= 0.6 is 0 Å². The van der Waals surface area contributed by atoms with E-state index in [9.17, 15) is 0 Å². The van der Waals surface area contributed by atoms with Gasteiger partial charge in [-0.05, 0) is 12.3 Å². The normalized spacial score (nSPS) is 19.4. The largest absolute Gasteiger partial charge is 2.00 e. The Labute approximate surface area is 136 Å². The van der Waals surface area contributed by atoms with Crippen LogP contribution in [0.2, 0.25) is 5.82 Å². The second-order valence-electron chi connectivity index (χ2n) is 3.03. The Balaban J connectivity index is -0.0000000302. The van der Waals surface area contributed by atoms with Gasteiger partial charge in [0.25, 0.3) is 0 Å². The molecule has 103 valence electrons. The molecule has 0 aliphatic heterocycles. The first-order chi connectivity index (χ1) is 6.24.